The van der Waals surface area contributed by atoms with Crippen LogP contribution in [-0.4, -0.2) is 28.4 Å². The number of alkyl halides is 3. The minimum absolute atomic E-state index is 0.0391. The molecule has 1 amide bonds. The number of carbonyl (C=O) groups is 1. The fourth-order valence-electron chi connectivity index (χ4n) is 0.947. The van der Waals surface area contributed by atoms with Crippen LogP contribution >= 0.6 is 0 Å². The summed E-state index contributed by atoms with van der Waals surface area (Å²) in [5.41, 5.74) is 5.19. The van der Waals surface area contributed by atoms with Gasteiger partial charge in [-0.25, -0.2) is 0 Å². The van der Waals surface area contributed by atoms with E-state index in [9.17, 15) is 18.0 Å². The fraction of sp³-hybridized carbons (Fsp3) is 0.429. The van der Waals surface area contributed by atoms with E-state index in [1.807, 2.05) is 0 Å². The number of nitrogens with two attached hydrogens (primary N) is 1. The van der Waals surface area contributed by atoms with Gasteiger partial charge in [-0.05, 0) is 0 Å². The van der Waals surface area contributed by atoms with Crippen LogP contribution in [0.15, 0.2) is 6.20 Å². The number of carbonyl (C=O) groups excluding carboxylic acids is 1. The van der Waals surface area contributed by atoms with E-state index in [1.54, 1.807) is 5.32 Å². The minimum atomic E-state index is -4.45. The van der Waals surface area contributed by atoms with E-state index < -0.39 is 18.6 Å². The summed E-state index contributed by atoms with van der Waals surface area (Å²) < 4.78 is 36.5. The second kappa shape index (κ2) is 3.79. The zero-order chi connectivity index (χ0) is 11.6. The molecule has 0 aliphatic rings. The Balaban J connectivity index is 2.66. The SMILES string of the molecule is Cn1cc(N)c(C(=O)NCC(F)(F)F)n1. The van der Waals surface area contributed by atoms with Gasteiger partial charge in [0.15, 0.2) is 5.69 Å². The summed E-state index contributed by atoms with van der Waals surface area (Å²) >= 11 is 0. The standard InChI is InChI=1S/C7H9F3N4O/c1-14-2-4(11)5(13-14)6(15)12-3-7(8,9)10/h2H,3,11H2,1H3,(H,12,15). The van der Waals surface area contributed by atoms with Crippen LogP contribution in [0, 0.1) is 0 Å². The maximum Gasteiger partial charge on any atom is 0.405 e. The second-order valence-electron chi connectivity index (χ2n) is 2.90. The first-order chi connectivity index (χ1) is 6.79. The van der Waals surface area contributed by atoms with Crippen molar-refractivity contribution in [1.82, 2.24) is 15.1 Å². The Morgan fingerprint density at radius 2 is 2.27 bits per heavy atom. The molecule has 0 bridgehead atoms. The molecule has 84 valence electrons. The van der Waals surface area contributed by atoms with Crippen molar-refractivity contribution in [1.29, 1.82) is 0 Å². The molecule has 0 saturated carbocycles. The number of nitrogens with zero attached hydrogens (tertiary/aromatic N) is 2. The number of nitrogen functional groups attached to an aromatic ring is 1. The van der Waals surface area contributed by atoms with E-state index >= 15 is 0 Å². The van der Waals surface area contributed by atoms with Crippen molar-refractivity contribution in [2.45, 2.75) is 6.18 Å². The number of anilines is 1. The number of nitrogens with one attached hydrogen (secondary N) is 1. The van der Waals surface area contributed by atoms with Gasteiger partial charge in [0, 0.05) is 13.2 Å². The maximum absolute atomic E-state index is 11.8. The predicted octanol–water partition coefficient (Wildman–Crippen LogP) is 0.294. The van der Waals surface area contributed by atoms with Gasteiger partial charge in [-0.15, -0.1) is 0 Å². The van der Waals surface area contributed by atoms with Crippen LogP contribution in [0.1, 0.15) is 10.5 Å². The minimum Gasteiger partial charge on any atom is -0.396 e. The highest BCUT2D eigenvalue weighted by molar-refractivity contribution is 5.96. The van der Waals surface area contributed by atoms with Gasteiger partial charge in [0.05, 0.1) is 5.69 Å². The number of amides is 1. The molecular weight excluding hydrogens is 213 g/mol. The third-order valence-corrected chi connectivity index (χ3v) is 1.52. The third-order valence-electron chi connectivity index (χ3n) is 1.52. The van der Waals surface area contributed by atoms with Crippen molar-refractivity contribution in [3.8, 4) is 0 Å². The van der Waals surface area contributed by atoms with Crippen LogP contribution < -0.4 is 11.1 Å². The third kappa shape index (κ3) is 3.15. The molecule has 1 aromatic rings. The zero-order valence-corrected chi connectivity index (χ0v) is 7.80. The van der Waals surface area contributed by atoms with Gasteiger partial charge in [-0.1, -0.05) is 0 Å². The van der Waals surface area contributed by atoms with Gasteiger partial charge >= 0.3 is 6.18 Å². The van der Waals surface area contributed by atoms with Gasteiger partial charge in [0.2, 0.25) is 0 Å². The molecule has 8 heteroatoms. The monoisotopic (exact) mass is 222 g/mol. The molecular formula is C7H9F3N4O. The first kappa shape index (κ1) is 11.3. The number of rotatable bonds is 2. The summed E-state index contributed by atoms with van der Waals surface area (Å²) in [6.07, 6.45) is -3.11. The molecule has 5 nitrogen and oxygen atoms in total. The molecule has 0 fully saturated rings. The van der Waals surface area contributed by atoms with Crippen molar-refractivity contribution in [3.63, 3.8) is 0 Å². The van der Waals surface area contributed by atoms with Crippen molar-refractivity contribution < 1.29 is 18.0 Å². The largest absolute Gasteiger partial charge is 0.405 e. The normalized spacial score (nSPS) is 11.5. The molecule has 0 aromatic carbocycles. The molecule has 0 unspecified atom stereocenters. The molecule has 1 rings (SSSR count). The van der Waals surface area contributed by atoms with Gasteiger partial charge < -0.3 is 11.1 Å². The lowest BCUT2D eigenvalue weighted by Crippen LogP contribution is -2.34. The molecule has 0 atom stereocenters. The summed E-state index contributed by atoms with van der Waals surface area (Å²) in [5.74, 6) is -0.939. The first-order valence-corrected chi connectivity index (χ1v) is 3.93. The topological polar surface area (TPSA) is 72.9 Å². The van der Waals surface area contributed by atoms with Crippen molar-refractivity contribution >= 4 is 11.6 Å². The zero-order valence-electron chi connectivity index (χ0n) is 7.80. The summed E-state index contributed by atoms with van der Waals surface area (Å²) in [4.78, 5) is 11.2. The molecule has 15 heavy (non-hydrogen) atoms. The van der Waals surface area contributed by atoms with Crippen molar-refractivity contribution in [2.75, 3.05) is 12.3 Å². The van der Waals surface area contributed by atoms with E-state index in [1.165, 1.54) is 17.9 Å². The summed E-state index contributed by atoms with van der Waals surface area (Å²) in [6.45, 7) is -1.40. The molecule has 0 aliphatic heterocycles. The lowest BCUT2D eigenvalue weighted by atomic mass is 10.3. The number of hydrogen-bond acceptors (Lipinski definition) is 3. The van der Waals surface area contributed by atoms with Gasteiger partial charge in [-0.2, -0.15) is 18.3 Å². The lowest BCUT2D eigenvalue weighted by Gasteiger charge is -2.06. The first-order valence-electron chi connectivity index (χ1n) is 3.93. The molecule has 1 aromatic heterocycles. The Morgan fingerprint density at radius 3 is 2.67 bits per heavy atom. The van der Waals surface area contributed by atoms with Crippen LogP contribution in [0.5, 0.6) is 0 Å². The summed E-state index contributed by atoms with van der Waals surface area (Å²) in [6, 6.07) is 0. The van der Waals surface area contributed by atoms with Crippen LogP contribution in [0.4, 0.5) is 18.9 Å². The van der Waals surface area contributed by atoms with Crippen LogP contribution in [-0.2, 0) is 7.05 Å². The number of aromatic nitrogens is 2. The highest BCUT2D eigenvalue weighted by Gasteiger charge is 2.28. The highest BCUT2D eigenvalue weighted by Crippen LogP contribution is 2.13. The van der Waals surface area contributed by atoms with E-state index in [4.69, 9.17) is 5.73 Å². The molecule has 0 saturated heterocycles. The molecule has 0 spiro atoms. The second-order valence-corrected chi connectivity index (χ2v) is 2.90. The molecule has 3 N–H and O–H groups in total. The summed E-state index contributed by atoms with van der Waals surface area (Å²) in [5, 5.41) is 5.30. The Kier molecular flexibility index (Phi) is 2.87. The molecule has 0 radical (unpaired) electrons. The van der Waals surface area contributed by atoms with E-state index in [0.717, 1.165) is 0 Å². The van der Waals surface area contributed by atoms with E-state index in [-0.39, 0.29) is 11.4 Å². The Labute approximate surface area is 83.0 Å². The van der Waals surface area contributed by atoms with Crippen LogP contribution in [0.2, 0.25) is 0 Å². The van der Waals surface area contributed by atoms with Crippen LogP contribution in [0.25, 0.3) is 0 Å². The molecule has 0 aliphatic carbocycles. The van der Waals surface area contributed by atoms with E-state index in [0.29, 0.717) is 0 Å². The maximum atomic E-state index is 11.8. The highest BCUT2D eigenvalue weighted by atomic mass is 19.4. The average Bonchev–Trinajstić information content (AvgIpc) is 2.40. The fourth-order valence-corrected chi connectivity index (χ4v) is 0.947. The Morgan fingerprint density at radius 1 is 1.67 bits per heavy atom. The number of hydrogen-bond donors (Lipinski definition) is 2. The number of halogens is 3. The van der Waals surface area contributed by atoms with E-state index in [2.05, 4.69) is 5.10 Å². The van der Waals surface area contributed by atoms with Crippen molar-refractivity contribution in [3.05, 3.63) is 11.9 Å². The number of aryl methyl sites for hydroxylation is 1. The predicted molar refractivity (Wildman–Crippen MR) is 46.0 cm³/mol. The van der Waals surface area contributed by atoms with Crippen molar-refractivity contribution in [2.24, 2.45) is 7.05 Å². The quantitative estimate of drug-likeness (QED) is 0.755. The van der Waals surface area contributed by atoms with Gasteiger partial charge in [0.1, 0.15) is 6.54 Å². The van der Waals surface area contributed by atoms with Gasteiger partial charge in [-0.3, -0.25) is 9.48 Å². The smallest absolute Gasteiger partial charge is 0.396 e. The Hall–Kier alpha value is -1.73. The Bertz CT molecular complexity index is 371. The summed E-state index contributed by atoms with van der Waals surface area (Å²) in [7, 11) is 1.51. The molecule has 1 heterocycles. The average molecular weight is 222 g/mol. The lowest BCUT2D eigenvalue weighted by molar-refractivity contribution is -0.123. The van der Waals surface area contributed by atoms with Crippen LogP contribution in [0.3, 0.4) is 0 Å². The van der Waals surface area contributed by atoms with Gasteiger partial charge in [0.25, 0.3) is 5.91 Å².